The van der Waals surface area contributed by atoms with Gasteiger partial charge in [0.05, 0.1) is 18.8 Å². The van der Waals surface area contributed by atoms with E-state index in [1.165, 1.54) is 0 Å². The minimum atomic E-state index is -0.171. The Bertz CT molecular complexity index is 709. The number of ether oxygens (including phenoxy) is 1. The maximum atomic E-state index is 12.6. The second-order valence-corrected chi connectivity index (χ2v) is 6.43. The number of aromatic nitrogens is 1. The molecule has 1 aromatic heterocycles. The average molecular weight is 349 g/mol. The maximum Gasteiger partial charge on any atom is 0.223 e. The van der Waals surface area contributed by atoms with Crippen LogP contribution in [0.4, 0.5) is 0 Å². The molecule has 1 atom stereocenters. The summed E-state index contributed by atoms with van der Waals surface area (Å²) in [6.07, 6.45) is 0.919. The van der Waals surface area contributed by atoms with Crippen molar-refractivity contribution in [3.05, 3.63) is 51.9 Å². The molecule has 3 rings (SSSR count). The lowest BCUT2D eigenvalue weighted by Gasteiger charge is -2.33. The van der Waals surface area contributed by atoms with Crippen LogP contribution in [-0.2, 0) is 16.0 Å². The normalized spacial score (nSPS) is 18.0. The number of hydrogen-bond donors (Lipinski definition) is 0. The summed E-state index contributed by atoms with van der Waals surface area (Å²) in [5.41, 5.74) is 2.82. The van der Waals surface area contributed by atoms with Gasteiger partial charge in [-0.3, -0.25) is 4.79 Å². The number of hydrogen-bond acceptors (Lipinski definition) is 4. The molecule has 1 aliphatic rings. The van der Waals surface area contributed by atoms with Crippen LogP contribution in [-0.4, -0.2) is 35.7 Å². The first-order valence-electron chi connectivity index (χ1n) is 8.12. The third-order valence-corrected chi connectivity index (χ3v) is 4.79. The number of aryl methyl sites for hydroxylation is 2. The van der Waals surface area contributed by atoms with Gasteiger partial charge in [-0.15, -0.1) is 0 Å². The first-order valence-corrected chi connectivity index (χ1v) is 8.49. The minimum absolute atomic E-state index is 0.121. The number of rotatable bonds is 4. The summed E-state index contributed by atoms with van der Waals surface area (Å²) < 4.78 is 11.0. The Morgan fingerprint density at radius 2 is 2.17 bits per heavy atom. The zero-order valence-electron chi connectivity index (χ0n) is 13.9. The molecule has 2 aromatic rings. The first-order chi connectivity index (χ1) is 11.6. The molecule has 1 aliphatic heterocycles. The fraction of sp³-hybridized carbons (Fsp3) is 0.444. The molecule has 6 heteroatoms. The summed E-state index contributed by atoms with van der Waals surface area (Å²) in [6.45, 7) is 5.44. The van der Waals surface area contributed by atoms with E-state index in [4.69, 9.17) is 20.9 Å². The second kappa shape index (κ2) is 7.36. The fourth-order valence-corrected chi connectivity index (χ4v) is 3.31. The van der Waals surface area contributed by atoms with Crippen molar-refractivity contribution in [2.75, 3.05) is 19.7 Å². The highest BCUT2D eigenvalue weighted by Crippen LogP contribution is 2.28. The third-order valence-electron chi connectivity index (χ3n) is 4.44. The number of amides is 1. The highest BCUT2D eigenvalue weighted by atomic mass is 35.5. The highest BCUT2D eigenvalue weighted by Gasteiger charge is 2.26. The van der Waals surface area contributed by atoms with Crippen LogP contribution in [0.1, 0.15) is 35.1 Å². The van der Waals surface area contributed by atoms with Crippen LogP contribution >= 0.6 is 11.6 Å². The number of nitrogens with zero attached hydrogens (tertiary/aromatic N) is 2. The van der Waals surface area contributed by atoms with Gasteiger partial charge in [0.2, 0.25) is 5.91 Å². The Kier molecular flexibility index (Phi) is 5.21. The van der Waals surface area contributed by atoms with Crippen molar-refractivity contribution in [1.29, 1.82) is 0 Å². The third kappa shape index (κ3) is 3.62. The molecule has 24 heavy (non-hydrogen) atoms. The molecule has 1 fully saturated rings. The van der Waals surface area contributed by atoms with E-state index in [0.717, 1.165) is 22.6 Å². The van der Waals surface area contributed by atoms with Crippen LogP contribution in [0, 0.1) is 13.8 Å². The van der Waals surface area contributed by atoms with Gasteiger partial charge in [-0.25, -0.2) is 0 Å². The van der Waals surface area contributed by atoms with E-state index < -0.39 is 0 Å². The molecule has 0 aliphatic carbocycles. The van der Waals surface area contributed by atoms with Crippen LogP contribution in [0.2, 0.25) is 5.02 Å². The molecule has 1 aromatic carbocycles. The Labute approximate surface area is 146 Å². The highest BCUT2D eigenvalue weighted by molar-refractivity contribution is 6.31. The van der Waals surface area contributed by atoms with Gasteiger partial charge in [0.25, 0.3) is 0 Å². The van der Waals surface area contributed by atoms with Crippen molar-refractivity contribution in [2.45, 2.75) is 32.8 Å². The quantitative estimate of drug-likeness (QED) is 0.848. The topological polar surface area (TPSA) is 55.6 Å². The summed E-state index contributed by atoms with van der Waals surface area (Å²) in [5.74, 6) is 0.909. The lowest BCUT2D eigenvalue weighted by atomic mass is 10.1. The summed E-state index contributed by atoms with van der Waals surface area (Å²) in [6, 6.07) is 7.62. The van der Waals surface area contributed by atoms with Crippen LogP contribution in [0.25, 0.3) is 0 Å². The molecule has 0 spiro atoms. The van der Waals surface area contributed by atoms with E-state index in [9.17, 15) is 4.79 Å². The summed E-state index contributed by atoms with van der Waals surface area (Å²) in [7, 11) is 0. The maximum absolute atomic E-state index is 12.6. The summed E-state index contributed by atoms with van der Waals surface area (Å²) in [5, 5.41) is 4.61. The summed E-state index contributed by atoms with van der Waals surface area (Å²) >= 11 is 6.25. The molecule has 0 N–H and O–H groups in total. The largest absolute Gasteiger partial charge is 0.370 e. The van der Waals surface area contributed by atoms with Gasteiger partial charge in [-0.2, -0.15) is 0 Å². The van der Waals surface area contributed by atoms with E-state index in [1.807, 2.05) is 43.0 Å². The van der Waals surface area contributed by atoms with E-state index in [-0.39, 0.29) is 12.0 Å². The van der Waals surface area contributed by atoms with Crippen molar-refractivity contribution < 1.29 is 14.1 Å². The standard InChI is InChI=1S/C18H21ClN2O3/c1-12-14(13(2)24-20-12)7-8-18(22)21-9-10-23-17(11-21)15-5-3-4-6-16(15)19/h3-6,17H,7-11H2,1-2H3/t17-/m1/s1. The van der Waals surface area contributed by atoms with Gasteiger partial charge in [0.1, 0.15) is 11.9 Å². The molecule has 1 amide bonds. The monoisotopic (exact) mass is 348 g/mol. The van der Waals surface area contributed by atoms with E-state index in [1.54, 1.807) is 0 Å². The van der Waals surface area contributed by atoms with Crippen LogP contribution in [0.3, 0.4) is 0 Å². The smallest absolute Gasteiger partial charge is 0.223 e. The number of benzene rings is 1. The van der Waals surface area contributed by atoms with Gasteiger partial charge in [-0.05, 0) is 26.3 Å². The van der Waals surface area contributed by atoms with E-state index in [0.29, 0.717) is 37.6 Å². The van der Waals surface area contributed by atoms with Crippen LogP contribution < -0.4 is 0 Å². The molecule has 0 unspecified atom stereocenters. The minimum Gasteiger partial charge on any atom is -0.370 e. The zero-order valence-corrected chi connectivity index (χ0v) is 14.7. The molecule has 128 valence electrons. The van der Waals surface area contributed by atoms with Gasteiger partial charge >= 0.3 is 0 Å². The van der Waals surface area contributed by atoms with Crippen molar-refractivity contribution >= 4 is 17.5 Å². The van der Waals surface area contributed by atoms with Crippen molar-refractivity contribution in [3.63, 3.8) is 0 Å². The number of carbonyl (C=O) groups is 1. The molecule has 1 saturated heterocycles. The zero-order chi connectivity index (χ0) is 17.1. The SMILES string of the molecule is Cc1noc(C)c1CCC(=O)N1CCO[C@@H](c2ccccc2Cl)C1. The lowest BCUT2D eigenvalue weighted by molar-refractivity contribution is -0.139. The van der Waals surface area contributed by atoms with Crippen molar-refractivity contribution in [2.24, 2.45) is 0 Å². The first kappa shape index (κ1) is 17.0. The number of morpholine rings is 1. The molecule has 2 heterocycles. The number of halogens is 1. The Morgan fingerprint density at radius 3 is 2.88 bits per heavy atom. The Hall–Kier alpha value is -1.85. The van der Waals surface area contributed by atoms with Gasteiger partial charge in [0, 0.05) is 29.1 Å². The molecular weight excluding hydrogens is 328 g/mol. The molecule has 5 nitrogen and oxygen atoms in total. The molecule has 0 radical (unpaired) electrons. The Morgan fingerprint density at radius 1 is 1.38 bits per heavy atom. The van der Waals surface area contributed by atoms with E-state index in [2.05, 4.69) is 5.16 Å². The van der Waals surface area contributed by atoms with Crippen molar-refractivity contribution in [3.8, 4) is 0 Å². The predicted molar refractivity (Wildman–Crippen MR) is 91.0 cm³/mol. The van der Waals surface area contributed by atoms with Gasteiger partial charge in [-0.1, -0.05) is 35.0 Å². The average Bonchev–Trinajstić information content (AvgIpc) is 2.91. The molecular formula is C18H21ClN2O3. The van der Waals surface area contributed by atoms with Gasteiger partial charge in [0.15, 0.2) is 0 Å². The molecule has 0 saturated carbocycles. The fourth-order valence-electron chi connectivity index (χ4n) is 3.05. The number of carbonyl (C=O) groups excluding carboxylic acids is 1. The van der Waals surface area contributed by atoms with Crippen LogP contribution in [0.5, 0.6) is 0 Å². The second-order valence-electron chi connectivity index (χ2n) is 6.02. The van der Waals surface area contributed by atoms with Gasteiger partial charge < -0.3 is 14.2 Å². The predicted octanol–water partition coefficient (Wildman–Crippen LogP) is 3.48. The van der Waals surface area contributed by atoms with E-state index >= 15 is 0 Å². The Balaban J connectivity index is 1.62. The van der Waals surface area contributed by atoms with Crippen molar-refractivity contribution in [1.82, 2.24) is 10.1 Å². The molecule has 0 bridgehead atoms. The van der Waals surface area contributed by atoms with Crippen LogP contribution in [0.15, 0.2) is 28.8 Å². The lowest BCUT2D eigenvalue weighted by Crippen LogP contribution is -2.42. The summed E-state index contributed by atoms with van der Waals surface area (Å²) in [4.78, 5) is 14.4.